The smallest absolute Gasteiger partial charge is 0.128 e. The third-order valence-corrected chi connectivity index (χ3v) is 5.38. The zero-order chi connectivity index (χ0) is 23.4. The fourth-order valence-electron chi connectivity index (χ4n) is 3.59. The molecule has 0 unspecified atom stereocenters. The van der Waals surface area contributed by atoms with Gasteiger partial charge in [0, 0.05) is 37.4 Å². The number of nitrogens with zero attached hydrogens (tertiary/aromatic N) is 2. The van der Waals surface area contributed by atoms with Crippen LogP contribution in [0.15, 0.2) is 83.4 Å². The molecule has 0 N–H and O–H groups in total. The number of rotatable bonds is 2. The quantitative estimate of drug-likeness (QED) is 0.189. The Bertz CT molecular complexity index is 1350. The van der Waals surface area contributed by atoms with E-state index in [1.807, 2.05) is 68.4 Å². The number of aromatic nitrogens is 2. The van der Waals surface area contributed by atoms with Crippen molar-refractivity contribution in [2.75, 3.05) is 0 Å². The molecule has 3 heterocycles. The second-order valence-electron chi connectivity index (χ2n) is 9.11. The first-order valence-corrected chi connectivity index (χ1v) is 11.1. The van der Waals surface area contributed by atoms with Gasteiger partial charge >= 0.3 is 0 Å². The van der Waals surface area contributed by atoms with Gasteiger partial charge in [-0.2, -0.15) is 0 Å². The zero-order valence-corrected chi connectivity index (χ0v) is 22.5. The Balaban J connectivity index is 0.000000201. The van der Waals surface area contributed by atoms with Gasteiger partial charge in [0.2, 0.25) is 0 Å². The standard InChI is InChI=1S/C18H18NO.C12H10N.Ir/c1-12-11-15-16(20-12)9-10-19-17(15)13-5-7-14(8-6-13)18(2,3)4;1-10-6-5-9-12(13-10)11-7-3-2-4-8-11;/h5,7-11H,1-4H3;2-7,9H,1H3;/q2*-1;. The molecule has 0 aliphatic rings. The maximum Gasteiger partial charge on any atom is 0.128 e. The van der Waals surface area contributed by atoms with Gasteiger partial charge in [-0.1, -0.05) is 32.9 Å². The van der Waals surface area contributed by atoms with Crippen molar-refractivity contribution < 1.29 is 24.5 Å². The van der Waals surface area contributed by atoms with E-state index in [-0.39, 0.29) is 25.5 Å². The number of furan rings is 1. The molecule has 5 aromatic rings. The predicted molar refractivity (Wildman–Crippen MR) is 135 cm³/mol. The zero-order valence-electron chi connectivity index (χ0n) is 20.1. The van der Waals surface area contributed by atoms with Crippen LogP contribution in [0.25, 0.3) is 33.5 Å². The number of fused-ring (bicyclic) bond motifs is 1. The molecule has 2 aromatic carbocycles. The molecule has 4 heteroatoms. The van der Waals surface area contributed by atoms with Gasteiger partial charge in [-0.15, -0.1) is 71.3 Å². The van der Waals surface area contributed by atoms with E-state index >= 15 is 0 Å². The number of pyridine rings is 2. The first kappa shape index (κ1) is 25.6. The van der Waals surface area contributed by atoms with Gasteiger partial charge < -0.3 is 14.4 Å². The molecule has 3 aromatic heterocycles. The van der Waals surface area contributed by atoms with Crippen LogP contribution >= 0.6 is 0 Å². The molecule has 0 fully saturated rings. The van der Waals surface area contributed by atoms with E-state index in [2.05, 4.69) is 61.1 Å². The Labute approximate surface area is 215 Å². The fourth-order valence-corrected chi connectivity index (χ4v) is 3.59. The Hall–Kier alpha value is -3.07. The third kappa shape index (κ3) is 6.08. The summed E-state index contributed by atoms with van der Waals surface area (Å²) in [5.41, 5.74) is 7.30. The van der Waals surface area contributed by atoms with Crippen molar-refractivity contribution in [2.45, 2.75) is 40.0 Å². The number of hydrogen-bond acceptors (Lipinski definition) is 3. The van der Waals surface area contributed by atoms with Crippen LogP contribution in [0.5, 0.6) is 0 Å². The Morgan fingerprint density at radius 2 is 1.68 bits per heavy atom. The number of aryl methyl sites for hydroxylation is 2. The van der Waals surface area contributed by atoms with Gasteiger partial charge in [-0.25, -0.2) is 0 Å². The second kappa shape index (κ2) is 10.9. The molecule has 3 nitrogen and oxygen atoms in total. The molecule has 0 saturated heterocycles. The Morgan fingerprint density at radius 3 is 2.32 bits per heavy atom. The van der Waals surface area contributed by atoms with E-state index in [1.165, 1.54) is 5.56 Å². The minimum atomic E-state index is 0. The van der Waals surface area contributed by atoms with E-state index in [4.69, 9.17) is 4.42 Å². The topological polar surface area (TPSA) is 38.9 Å². The van der Waals surface area contributed by atoms with Gasteiger partial charge in [-0.3, -0.25) is 0 Å². The molecule has 0 bridgehead atoms. The molecular formula is C30H28IrN2O-2. The summed E-state index contributed by atoms with van der Waals surface area (Å²) in [4.78, 5) is 8.90. The molecule has 0 spiro atoms. The minimum Gasteiger partial charge on any atom is -0.462 e. The van der Waals surface area contributed by atoms with Gasteiger partial charge in [0.15, 0.2) is 0 Å². The van der Waals surface area contributed by atoms with Gasteiger partial charge in [0.1, 0.15) is 11.3 Å². The van der Waals surface area contributed by atoms with Crippen LogP contribution in [0.3, 0.4) is 0 Å². The van der Waals surface area contributed by atoms with Crippen molar-refractivity contribution in [2.24, 2.45) is 0 Å². The summed E-state index contributed by atoms with van der Waals surface area (Å²) in [6, 6.07) is 30.6. The maximum atomic E-state index is 5.65. The van der Waals surface area contributed by atoms with E-state index < -0.39 is 0 Å². The van der Waals surface area contributed by atoms with Crippen molar-refractivity contribution in [1.29, 1.82) is 0 Å². The minimum absolute atomic E-state index is 0. The molecule has 0 aliphatic heterocycles. The summed E-state index contributed by atoms with van der Waals surface area (Å²) in [7, 11) is 0. The van der Waals surface area contributed by atoms with Crippen LogP contribution in [-0.4, -0.2) is 9.97 Å². The second-order valence-corrected chi connectivity index (χ2v) is 9.11. The normalized spacial score (nSPS) is 10.9. The van der Waals surface area contributed by atoms with Crippen molar-refractivity contribution in [3.63, 3.8) is 0 Å². The molecule has 1 radical (unpaired) electrons. The molecular weight excluding hydrogens is 597 g/mol. The summed E-state index contributed by atoms with van der Waals surface area (Å²) in [5.74, 6) is 0.903. The van der Waals surface area contributed by atoms with Crippen LogP contribution in [0.2, 0.25) is 0 Å². The van der Waals surface area contributed by atoms with Gasteiger partial charge in [0.05, 0.1) is 0 Å². The average Bonchev–Trinajstić information content (AvgIpc) is 3.20. The third-order valence-electron chi connectivity index (χ3n) is 5.38. The SMILES string of the molecule is Cc1cc2c(-c3[c-]cc(C(C)(C)C)cc3)nccc2o1.Cc1cccc(-c2[c-]cccc2)n1.[Ir]. The monoisotopic (exact) mass is 625 g/mol. The number of benzene rings is 2. The summed E-state index contributed by atoms with van der Waals surface area (Å²) >= 11 is 0. The molecule has 0 saturated carbocycles. The van der Waals surface area contributed by atoms with E-state index in [0.717, 1.165) is 44.9 Å². The largest absolute Gasteiger partial charge is 0.462 e. The van der Waals surface area contributed by atoms with Crippen LogP contribution in [0.4, 0.5) is 0 Å². The van der Waals surface area contributed by atoms with E-state index in [9.17, 15) is 0 Å². The van der Waals surface area contributed by atoms with Crippen molar-refractivity contribution in [3.8, 4) is 22.5 Å². The first-order chi connectivity index (χ1) is 15.8. The van der Waals surface area contributed by atoms with E-state index in [1.54, 1.807) is 6.20 Å². The molecule has 5 rings (SSSR count). The summed E-state index contributed by atoms with van der Waals surface area (Å²) in [6.45, 7) is 10.6. The molecule has 0 atom stereocenters. The fraction of sp³-hybridized carbons (Fsp3) is 0.200. The van der Waals surface area contributed by atoms with Crippen LogP contribution in [-0.2, 0) is 25.5 Å². The molecule has 0 aliphatic carbocycles. The van der Waals surface area contributed by atoms with Crippen molar-refractivity contribution in [3.05, 3.63) is 108 Å². The Morgan fingerprint density at radius 1 is 0.853 bits per heavy atom. The van der Waals surface area contributed by atoms with Crippen LogP contribution in [0, 0.1) is 26.0 Å². The van der Waals surface area contributed by atoms with Crippen molar-refractivity contribution >= 4 is 11.0 Å². The van der Waals surface area contributed by atoms with Crippen LogP contribution in [0.1, 0.15) is 37.8 Å². The van der Waals surface area contributed by atoms with Gasteiger partial charge in [-0.05, 0) is 48.8 Å². The Kier molecular flexibility index (Phi) is 8.19. The predicted octanol–water partition coefficient (Wildman–Crippen LogP) is 7.76. The van der Waals surface area contributed by atoms with E-state index in [0.29, 0.717) is 0 Å². The van der Waals surface area contributed by atoms with Crippen molar-refractivity contribution in [1.82, 2.24) is 9.97 Å². The first-order valence-electron chi connectivity index (χ1n) is 11.1. The summed E-state index contributed by atoms with van der Waals surface area (Å²) in [6.07, 6.45) is 1.78. The van der Waals surface area contributed by atoms with Crippen LogP contribution < -0.4 is 0 Å². The molecule has 175 valence electrons. The van der Waals surface area contributed by atoms with Gasteiger partial charge in [0.25, 0.3) is 0 Å². The number of hydrogen-bond donors (Lipinski definition) is 0. The summed E-state index contributed by atoms with van der Waals surface area (Å²) in [5, 5.41) is 1.05. The summed E-state index contributed by atoms with van der Waals surface area (Å²) < 4.78 is 5.65. The molecule has 34 heavy (non-hydrogen) atoms. The maximum absolute atomic E-state index is 5.65. The average molecular weight is 625 g/mol. The molecule has 0 amide bonds.